The second-order valence-electron chi connectivity index (χ2n) is 7.23. The summed E-state index contributed by atoms with van der Waals surface area (Å²) >= 11 is 0. The van der Waals surface area contributed by atoms with E-state index in [1.165, 1.54) is 36.4 Å². The van der Waals surface area contributed by atoms with Crippen LogP contribution in [0.5, 0.6) is 0 Å². The number of esters is 2. The molecular formula is C21H22O9S2. The zero-order valence-corrected chi connectivity index (χ0v) is 19.1. The molecule has 0 atom stereocenters. The van der Waals surface area contributed by atoms with Crippen molar-refractivity contribution in [2.75, 3.05) is 25.7 Å². The minimum atomic E-state index is -3.28. The van der Waals surface area contributed by atoms with Gasteiger partial charge in [0, 0.05) is 12.5 Å². The summed E-state index contributed by atoms with van der Waals surface area (Å²) < 4.78 is 55.3. The van der Waals surface area contributed by atoms with Gasteiger partial charge in [-0.2, -0.15) is 0 Å². The van der Waals surface area contributed by atoms with Crippen LogP contribution >= 0.6 is 0 Å². The molecule has 0 radical (unpaired) electrons. The number of carbonyl (C=O) groups excluding carboxylic acids is 3. The maximum absolute atomic E-state index is 12.1. The van der Waals surface area contributed by atoms with Crippen LogP contribution in [0.1, 0.15) is 31.8 Å². The second kappa shape index (κ2) is 10.5. The Morgan fingerprint density at radius 1 is 0.688 bits per heavy atom. The molecule has 0 aliphatic carbocycles. The summed E-state index contributed by atoms with van der Waals surface area (Å²) in [6.45, 7) is -1.28. The lowest BCUT2D eigenvalue weighted by Gasteiger charge is -2.08. The minimum absolute atomic E-state index is 0.0821. The molecule has 0 saturated carbocycles. The smallest absolute Gasteiger partial charge is 0.338 e. The van der Waals surface area contributed by atoms with Crippen molar-refractivity contribution in [3.05, 3.63) is 70.8 Å². The summed E-state index contributed by atoms with van der Waals surface area (Å²) in [5, 5.41) is 0. The van der Waals surface area contributed by atoms with Crippen LogP contribution in [0.3, 0.4) is 0 Å². The number of ether oxygens (including phenoxy) is 2. The highest BCUT2D eigenvalue weighted by molar-refractivity contribution is 7.90. The third kappa shape index (κ3) is 8.98. The largest absolute Gasteiger partial charge is 0.454 e. The molecule has 0 saturated heterocycles. The van der Waals surface area contributed by atoms with Gasteiger partial charge in [-0.3, -0.25) is 4.79 Å². The van der Waals surface area contributed by atoms with Gasteiger partial charge in [0.1, 0.15) is 0 Å². The van der Waals surface area contributed by atoms with Crippen molar-refractivity contribution in [3.8, 4) is 0 Å². The molecular weight excluding hydrogens is 460 g/mol. The van der Waals surface area contributed by atoms with Gasteiger partial charge in [0.15, 0.2) is 32.9 Å². The van der Waals surface area contributed by atoms with Gasteiger partial charge < -0.3 is 9.47 Å². The van der Waals surface area contributed by atoms with E-state index in [2.05, 4.69) is 0 Å². The first-order valence-corrected chi connectivity index (χ1v) is 13.3. The van der Waals surface area contributed by atoms with Gasteiger partial charge in [0.05, 0.1) is 22.6 Å². The molecule has 0 amide bonds. The van der Waals surface area contributed by atoms with Gasteiger partial charge in [-0.05, 0) is 35.4 Å². The van der Waals surface area contributed by atoms with Crippen LogP contribution in [-0.4, -0.2) is 60.3 Å². The van der Waals surface area contributed by atoms with Crippen molar-refractivity contribution in [1.82, 2.24) is 0 Å². The summed E-state index contributed by atoms with van der Waals surface area (Å²) in [6.07, 6.45) is 2.14. The maximum Gasteiger partial charge on any atom is 0.338 e. The van der Waals surface area contributed by atoms with E-state index in [-0.39, 0.29) is 22.6 Å². The SMILES string of the molecule is CS(=O)(=O)Cc1cccc(C(=O)OCC(=O)COC(=O)c2cccc(CS(C)(=O)=O)c2)c1. The average Bonchev–Trinajstić information content (AvgIpc) is 2.68. The lowest BCUT2D eigenvalue weighted by atomic mass is 10.1. The van der Waals surface area contributed by atoms with E-state index in [1.807, 2.05) is 0 Å². The van der Waals surface area contributed by atoms with E-state index in [9.17, 15) is 31.2 Å². The van der Waals surface area contributed by atoms with E-state index in [0.717, 1.165) is 12.5 Å². The third-order valence-electron chi connectivity index (χ3n) is 3.91. The summed E-state index contributed by atoms with van der Waals surface area (Å²) in [5.74, 6) is -2.81. The lowest BCUT2D eigenvalue weighted by Crippen LogP contribution is -2.21. The van der Waals surface area contributed by atoms with Crippen molar-refractivity contribution >= 4 is 37.4 Å². The molecule has 11 heteroatoms. The standard InChI is InChI=1S/C21H22O9S2/c1-31(25,26)13-15-5-3-7-17(9-15)20(23)29-11-19(22)12-30-21(24)18-8-4-6-16(10-18)14-32(2,27)28/h3-10H,11-14H2,1-2H3. The summed E-state index contributed by atoms with van der Waals surface area (Å²) in [5.41, 5.74) is 0.970. The Morgan fingerprint density at radius 2 is 1.06 bits per heavy atom. The number of hydrogen-bond donors (Lipinski definition) is 0. The monoisotopic (exact) mass is 482 g/mol. The molecule has 0 aromatic heterocycles. The third-order valence-corrected chi connectivity index (χ3v) is 5.63. The molecule has 0 bridgehead atoms. The predicted octanol–water partition coefficient (Wildman–Crippen LogP) is 1.36. The molecule has 2 aromatic rings. The van der Waals surface area contributed by atoms with Gasteiger partial charge in [-0.15, -0.1) is 0 Å². The highest BCUT2D eigenvalue weighted by atomic mass is 32.2. The fraction of sp³-hybridized carbons (Fsp3) is 0.286. The molecule has 0 aliphatic heterocycles. The fourth-order valence-electron chi connectivity index (χ4n) is 2.68. The minimum Gasteiger partial charge on any atom is -0.454 e. The fourth-order valence-corrected chi connectivity index (χ4v) is 4.25. The van der Waals surface area contributed by atoms with Crippen molar-refractivity contribution in [1.29, 1.82) is 0 Å². The molecule has 2 rings (SSSR count). The number of hydrogen-bond acceptors (Lipinski definition) is 9. The van der Waals surface area contributed by atoms with E-state index in [4.69, 9.17) is 9.47 Å². The molecule has 0 aliphatic rings. The van der Waals surface area contributed by atoms with Crippen LogP contribution in [0.2, 0.25) is 0 Å². The molecule has 0 spiro atoms. The molecule has 32 heavy (non-hydrogen) atoms. The highest BCUT2D eigenvalue weighted by Gasteiger charge is 2.15. The van der Waals surface area contributed by atoms with Gasteiger partial charge in [-0.25, -0.2) is 26.4 Å². The summed E-state index contributed by atoms with van der Waals surface area (Å²) in [6, 6.07) is 11.6. The second-order valence-corrected chi connectivity index (χ2v) is 11.5. The number of benzene rings is 2. The first-order valence-electron chi connectivity index (χ1n) is 9.22. The Bertz CT molecular complexity index is 1130. The molecule has 0 heterocycles. The summed E-state index contributed by atoms with van der Waals surface area (Å²) in [7, 11) is -6.56. The van der Waals surface area contributed by atoms with Crippen LogP contribution in [0.25, 0.3) is 0 Å². The average molecular weight is 483 g/mol. The van der Waals surface area contributed by atoms with Crippen molar-refractivity contribution < 1.29 is 40.7 Å². The summed E-state index contributed by atoms with van der Waals surface area (Å²) in [4.78, 5) is 36.1. The van der Waals surface area contributed by atoms with Crippen LogP contribution in [0.15, 0.2) is 48.5 Å². The quantitative estimate of drug-likeness (QED) is 0.459. The Morgan fingerprint density at radius 3 is 1.41 bits per heavy atom. The molecule has 9 nitrogen and oxygen atoms in total. The van der Waals surface area contributed by atoms with E-state index < -0.39 is 50.6 Å². The van der Waals surface area contributed by atoms with Crippen LogP contribution < -0.4 is 0 Å². The topological polar surface area (TPSA) is 138 Å². The molecule has 0 unspecified atom stereocenters. The van der Waals surface area contributed by atoms with Gasteiger partial charge in [0.25, 0.3) is 0 Å². The normalized spacial score (nSPS) is 11.6. The van der Waals surface area contributed by atoms with E-state index in [0.29, 0.717) is 11.1 Å². The maximum atomic E-state index is 12.1. The Kier molecular flexibility index (Phi) is 8.28. The zero-order chi connectivity index (χ0) is 23.9. The Balaban J connectivity index is 1.87. The van der Waals surface area contributed by atoms with Crippen LogP contribution in [-0.2, 0) is 45.4 Å². The molecule has 0 fully saturated rings. The van der Waals surface area contributed by atoms with Crippen molar-refractivity contribution in [3.63, 3.8) is 0 Å². The first-order chi connectivity index (χ1) is 14.8. The Hall–Kier alpha value is -3.05. The lowest BCUT2D eigenvalue weighted by molar-refractivity contribution is -0.125. The van der Waals surface area contributed by atoms with Crippen molar-refractivity contribution in [2.24, 2.45) is 0 Å². The van der Waals surface area contributed by atoms with Gasteiger partial charge in [0.2, 0.25) is 5.78 Å². The number of rotatable bonds is 10. The number of ketones is 1. The van der Waals surface area contributed by atoms with Gasteiger partial charge in [-0.1, -0.05) is 24.3 Å². The number of Topliss-reactive ketones (excluding diaryl/α,β-unsaturated/α-hetero) is 1. The molecule has 2 aromatic carbocycles. The Labute approximate surface area is 186 Å². The first kappa shape index (κ1) is 25.2. The van der Waals surface area contributed by atoms with Crippen LogP contribution in [0, 0.1) is 0 Å². The van der Waals surface area contributed by atoms with Crippen molar-refractivity contribution in [2.45, 2.75) is 11.5 Å². The van der Waals surface area contributed by atoms with Crippen LogP contribution in [0.4, 0.5) is 0 Å². The van der Waals surface area contributed by atoms with E-state index >= 15 is 0 Å². The zero-order valence-electron chi connectivity index (χ0n) is 17.4. The molecule has 172 valence electrons. The highest BCUT2D eigenvalue weighted by Crippen LogP contribution is 2.11. The number of carbonyl (C=O) groups is 3. The van der Waals surface area contributed by atoms with E-state index in [1.54, 1.807) is 12.1 Å². The number of sulfone groups is 2. The molecule has 0 N–H and O–H groups in total. The van der Waals surface area contributed by atoms with Gasteiger partial charge >= 0.3 is 11.9 Å². The predicted molar refractivity (Wildman–Crippen MR) is 116 cm³/mol.